The first kappa shape index (κ1) is 12.2. The van der Waals surface area contributed by atoms with E-state index in [1.54, 1.807) is 31.2 Å². The molecule has 0 saturated heterocycles. The summed E-state index contributed by atoms with van der Waals surface area (Å²) in [5.41, 5.74) is 0.496. The Kier molecular flexibility index (Phi) is 4.05. The molecule has 0 aliphatic rings. The van der Waals surface area contributed by atoms with Gasteiger partial charge in [-0.25, -0.2) is 0 Å². The molecule has 1 rings (SSSR count). The molecule has 0 aromatic heterocycles. The van der Waals surface area contributed by atoms with Gasteiger partial charge in [0.05, 0.1) is 11.5 Å². The number of hydrogen-bond donors (Lipinski definition) is 0. The van der Waals surface area contributed by atoms with Crippen molar-refractivity contribution >= 4 is 5.69 Å². The minimum atomic E-state index is -0.442. The summed E-state index contributed by atoms with van der Waals surface area (Å²) in [6.07, 6.45) is 1.57. The summed E-state index contributed by atoms with van der Waals surface area (Å²) in [5, 5.41) is 11.0. The van der Waals surface area contributed by atoms with Crippen LogP contribution in [0.2, 0.25) is 0 Å². The Morgan fingerprint density at radius 2 is 2.31 bits per heavy atom. The predicted octanol–water partition coefficient (Wildman–Crippen LogP) is 3.10. The van der Waals surface area contributed by atoms with Crippen LogP contribution in [0.4, 0.5) is 5.69 Å². The number of nitro groups is 1. The molecule has 0 heterocycles. The largest absolute Gasteiger partial charge is 0.487 e. The zero-order valence-electron chi connectivity index (χ0n) is 9.18. The van der Waals surface area contributed by atoms with Gasteiger partial charge < -0.3 is 4.74 Å². The molecule has 16 heavy (non-hydrogen) atoms. The molecule has 1 unspecified atom stereocenters. The smallest absolute Gasteiger partial charge is 0.314 e. The van der Waals surface area contributed by atoms with Crippen molar-refractivity contribution in [2.24, 2.45) is 0 Å². The van der Waals surface area contributed by atoms with Crippen molar-refractivity contribution in [1.29, 1.82) is 0 Å². The van der Waals surface area contributed by atoms with E-state index in [9.17, 15) is 10.1 Å². The van der Waals surface area contributed by atoms with Gasteiger partial charge in [0.1, 0.15) is 0 Å². The summed E-state index contributed by atoms with van der Waals surface area (Å²) < 4.78 is 5.23. The highest BCUT2D eigenvalue weighted by molar-refractivity contribution is 5.55. The van der Waals surface area contributed by atoms with Crippen molar-refractivity contribution in [3.05, 3.63) is 53.5 Å². The van der Waals surface area contributed by atoms with Crippen LogP contribution in [0.1, 0.15) is 18.4 Å². The number of allylic oxidation sites excluding steroid dienone is 1. The Morgan fingerprint density at radius 1 is 1.62 bits per heavy atom. The first-order chi connectivity index (χ1) is 7.61. The number of ether oxygens (including phenoxy) is 1. The first-order valence-corrected chi connectivity index (χ1v) is 4.97. The number of rotatable bonds is 5. The van der Waals surface area contributed by atoms with Crippen LogP contribution in [0.25, 0.3) is 0 Å². The molecule has 0 N–H and O–H groups in total. The lowest BCUT2D eigenvalue weighted by molar-refractivity contribution is -0.386. The van der Waals surface area contributed by atoms with Crippen molar-refractivity contribution < 1.29 is 9.66 Å². The van der Waals surface area contributed by atoms with E-state index < -0.39 is 4.92 Å². The molecule has 0 fully saturated rings. The average Bonchev–Trinajstić information content (AvgIpc) is 2.27. The van der Waals surface area contributed by atoms with Gasteiger partial charge in [-0.2, -0.15) is 0 Å². The quantitative estimate of drug-likeness (QED) is 0.435. The molecule has 1 aromatic rings. The summed E-state index contributed by atoms with van der Waals surface area (Å²) in [4.78, 5) is 10.6. The molecular formula is C12H14NO3. The standard InChI is InChI=1S/C12H14NO3/c1-4-9(3)10-7-6-8-11(16-5-2)12(10)13(14)15/h4,6-9H,1,3,5H2,2H3. The summed E-state index contributed by atoms with van der Waals surface area (Å²) in [5.74, 6) is -0.0405. The highest BCUT2D eigenvalue weighted by Gasteiger charge is 2.22. The van der Waals surface area contributed by atoms with E-state index in [1.807, 2.05) is 0 Å². The van der Waals surface area contributed by atoms with Gasteiger partial charge in [-0.1, -0.05) is 18.2 Å². The van der Waals surface area contributed by atoms with E-state index in [-0.39, 0.29) is 17.4 Å². The summed E-state index contributed by atoms with van der Waals surface area (Å²) in [7, 11) is 0. The van der Waals surface area contributed by atoms with E-state index in [1.165, 1.54) is 0 Å². The van der Waals surface area contributed by atoms with E-state index in [2.05, 4.69) is 13.5 Å². The monoisotopic (exact) mass is 220 g/mol. The third-order valence-electron chi connectivity index (χ3n) is 2.20. The first-order valence-electron chi connectivity index (χ1n) is 4.97. The summed E-state index contributed by atoms with van der Waals surface area (Å²) in [6, 6.07) is 4.97. The van der Waals surface area contributed by atoms with Gasteiger partial charge in [0.15, 0.2) is 5.75 Å². The lowest BCUT2D eigenvalue weighted by Crippen LogP contribution is -2.02. The minimum absolute atomic E-state index is 0.0238. The van der Waals surface area contributed by atoms with Crippen LogP contribution in [0.3, 0.4) is 0 Å². The molecule has 0 amide bonds. The van der Waals surface area contributed by atoms with Gasteiger partial charge in [-0.15, -0.1) is 6.58 Å². The number of benzene rings is 1. The number of nitro benzene ring substituents is 1. The third kappa shape index (κ3) is 2.39. The second kappa shape index (κ2) is 5.30. The fraction of sp³-hybridized carbons (Fsp3) is 0.250. The SMILES string of the molecule is [CH2]C(C=C)c1cccc(OCC)c1[N+](=O)[O-]. The molecule has 1 atom stereocenters. The third-order valence-corrected chi connectivity index (χ3v) is 2.20. The average molecular weight is 220 g/mol. The maximum Gasteiger partial charge on any atom is 0.314 e. The van der Waals surface area contributed by atoms with Gasteiger partial charge in [0.25, 0.3) is 0 Å². The van der Waals surface area contributed by atoms with Crippen LogP contribution < -0.4 is 4.74 Å². The van der Waals surface area contributed by atoms with Crippen LogP contribution in [0.5, 0.6) is 5.75 Å². The van der Waals surface area contributed by atoms with Crippen LogP contribution in [-0.4, -0.2) is 11.5 Å². The van der Waals surface area contributed by atoms with Crippen molar-refractivity contribution in [3.63, 3.8) is 0 Å². The number of hydrogen-bond acceptors (Lipinski definition) is 3. The molecule has 0 spiro atoms. The molecule has 4 nitrogen and oxygen atoms in total. The van der Waals surface area contributed by atoms with Crippen molar-refractivity contribution in [3.8, 4) is 5.75 Å². The van der Waals surface area contributed by atoms with Crippen LogP contribution in [0, 0.1) is 17.0 Å². The van der Waals surface area contributed by atoms with Gasteiger partial charge in [0, 0.05) is 11.5 Å². The number of nitrogens with zero attached hydrogens (tertiary/aromatic N) is 1. The lowest BCUT2D eigenvalue weighted by Gasteiger charge is -2.10. The molecule has 0 aliphatic carbocycles. The van der Waals surface area contributed by atoms with Gasteiger partial charge in [0.2, 0.25) is 0 Å². The van der Waals surface area contributed by atoms with Crippen molar-refractivity contribution in [2.75, 3.05) is 6.61 Å². The highest BCUT2D eigenvalue weighted by Crippen LogP contribution is 2.35. The fourth-order valence-electron chi connectivity index (χ4n) is 1.43. The van der Waals surface area contributed by atoms with E-state index in [0.29, 0.717) is 12.2 Å². The van der Waals surface area contributed by atoms with Crippen LogP contribution >= 0.6 is 0 Å². The maximum atomic E-state index is 11.0. The molecule has 0 bridgehead atoms. The van der Waals surface area contributed by atoms with Crippen LogP contribution in [0.15, 0.2) is 30.9 Å². The normalized spacial score (nSPS) is 11.9. The predicted molar refractivity (Wildman–Crippen MR) is 62.6 cm³/mol. The van der Waals surface area contributed by atoms with Gasteiger partial charge >= 0.3 is 5.69 Å². The fourth-order valence-corrected chi connectivity index (χ4v) is 1.43. The van der Waals surface area contributed by atoms with Crippen molar-refractivity contribution in [2.45, 2.75) is 12.8 Å². The minimum Gasteiger partial charge on any atom is -0.487 e. The zero-order valence-corrected chi connectivity index (χ0v) is 9.18. The van der Waals surface area contributed by atoms with E-state index in [0.717, 1.165) is 0 Å². The molecule has 0 saturated carbocycles. The van der Waals surface area contributed by atoms with Crippen molar-refractivity contribution in [1.82, 2.24) is 0 Å². The van der Waals surface area contributed by atoms with E-state index >= 15 is 0 Å². The summed E-state index contributed by atoms with van der Waals surface area (Å²) in [6.45, 7) is 9.55. The molecule has 85 valence electrons. The Bertz CT molecular complexity index is 401. The molecular weight excluding hydrogens is 206 g/mol. The molecule has 1 aromatic carbocycles. The second-order valence-electron chi connectivity index (χ2n) is 3.23. The Balaban J connectivity index is 3.31. The van der Waals surface area contributed by atoms with Gasteiger partial charge in [-0.05, 0) is 19.9 Å². The highest BCUT2D eigenvalue weighted by atomic mass is 16.6. The second-order valence-corrected chi connectivity index (χ2v) is 3.23. The molecule has 4 heteroatoms. The van der Waals surface area contributed by atoms with E-state index in [4.69, 9.17) is 4.74 Å². The van der Waals surface area contributed by atoms with Gasteiger partial charge in [-0.3, -0.25) is 10.1 Å². The molecule has 0 aliphatic heterocycles. The Labute approximate surface area is 94.7 Å². The topological polar surface area (TPSA) is 52.4 Å². The zero-order chi connectivity index (χ0) is 12.1. The molecule has 1 radical (unpaired) electrons. The maximum absolute atomic E-state index is 11.0. The summed E-state index contributed by atoms with van der Waals surface area (Å²) >= 11 is 0. The Morgan fingerprint density at radius 3 is 2.81 bits per heavy atom. The number of para-hydroxylation sites is 1. The lowest BCUT2D eigenvalue weighted by atomic mass is 9.99. The van der Waals surface area contributed by atoms with Crippen LogP contribution in [-0.2, 0) is 0 Å². The Hall–Kier alpha value is -1.84.